The highest BCUT2D eigenvalue weighted by Gasteiger charge is 2.14. The number of halogens is 1. The van der Waals surface area contributed by atoms with E-state index in [0.29, 0.717) is 16.4 Å². The van der Waals surface area contributed by atoms with Crippen molar-refractivity contribution in [3.8, 4) is 5.69 Å². The molecule has 1 aromatic heterocycles. The van der Waals surface area contributed by atoms with Crippen LogP contribution in [0.25, 0.3) is 11.8 Å². The van der Waals surface area contributed by atoms with Gasteiger partial charge in [-0.15, -0.1) is 0 Å². The molecule has 0 unspecified atom stereocenters. The molecule has 128 valence electrons. The van der Waals surface area contributed by atoms with Crippen LogP contribution in [0.4, 0.5) is 5.82 Å². The van der Waals surface area contributed by atoms with Gasteiger partial charge in [0.25, 0.3) is 10.0 Å². The third kappa shape index (κ3) is 4.10. The molecule has 0 fully saturated rings. The fraction of sp³-hybridized carbons (Fsp3) is 0.0556. The Hall–Kier alpha value is -2.57. The van der Waals surface area contributed by atoms with Crippen LogP contribution in [0.3, 0.4) is 0 Å². The van der Waals surface area contributed by atoms with Crippen LogP contribution in [-0.4, -0.2) is 18.2 Å². The second-order valence-electron chi connectivity index (χ2n) is 5.39. The van der Waals surface area contributed by atoms with Gasteiger partial charge in [-0.25, -0.2) is 13.1 Å². The zero-order valence-electron chi connectivity index (χ0n) is 13.4. The first-order chi connectivity index (χ1) is 12.0. The number of aryl methyl sites for hydroxylation is 1. The van der Waals surface area contributed by atoms with Crippen molar-refractivity contribution in [2.45, 2.75) is 6.92 Å². The van der Waals surface area contributed by atoms with E-state index < -0.39 is 10.0 Å². The normalized spacial score (nSPS) is 11.8. The number of aromatic nitrogens is 2. The number of rotatable bonds is 5. The monoisotopic (exact) mass is 373 g/mol. The van der Waals surface area contributed by atoms with E-state index in [4.69, 9.17) is 11.6 Å². The SMILES string of the molecule is Cc1cnn(-c2ccccc2)c1NS(=O)(=O)C=Cc1ccccc1Cl. The summed E-state index contributed by atoms with van der Waals surface area (Å²) in [7, 11) is -3.72. The standard InChI is InChI=1S/C18H16ClN3O2S/c1-14-13-20-22(16-8-3-2-4-9-16)18(14)21-25(23,24)12-11-15-7-5-6-10-17(15)19/h2-13,21H,1H3. The lowest BCUT2D eigenvalue weighted by atomic mass is 10.2. The van der Waals surface area contributed by atoms with Gasteiger partial charge in [0.2, 0.25) is 0 Å². The summed E-state index contributed by atoms with van der Waals surface area (Å²) in [5.41, 5.74) is 2.12. The van der Waals surface area contributed by atoms with Gasteiger partial charge in [-0.2, -0.15) is 5.10 Å². The number of nitrogens with zero attached hydrogens (tertiary/aromatic N) is 2. The lowest BCUT2D eigenvalue weighted by Crippen LogP contribution is -2.13. The van der Waals surface area contributed by atoms with Crippen LogP contribution in [0.5, 0.6) is 0 Å². The molecule has 0 radical (unpaired) electrons. The van der Waals surface area contributed by atoms with Crippen molar-refractivity contribution in [2.24, 2.45) is 0 Å². The van der Waals surface area contributed by atoms with Gasteiger partial charge in [-0.3, -0.25) is 4.72 Å². The number of nitrogens with one attached hydrogen (secondary N) is 1. The van der Waals surface area contributed by atoms with Gasteiger partial charge in [0, 0.05) is 10.6 Å². The zero-order valence-corrected chi connectivity index (χ0v) is 15.0. The van der Waals surface area contributed by atoms with E-state index in [2.05, 4.69) is 9.82 Å². The summed E-state index contributed by atoms with van der Waals surface area (Å²) in [5, 5.41) is 5.83. The summed E-state index contributed by atoms with van der Waals surface area (Å²) < 4.78 is 29.0. The van der Waals surface area contributed by atoms with E-state index >= 15 is 0 Å². The minimum atomic E-state index is -3.72. The van der Waals surface area contributed by atoms with Crippen LogP contribution in [0.15, 0.2) is 66.2 Å². The van der Waals surface area contributed by atoms with Crippen LogP contribution in [0.1, 0.15) is 11.1 Å². The molecule has 1 N–H and O–H groups in total. The molecule has 0 aliphatic heterocycles. The van der Waals surface area contributed by atoms with Crippen molar-refractivity contribution in [1.29, 1.82) is 0 Å². The van der Waals surface area contributed by atoms with Crippen molar-refractivity contribution in [2.75, 3.05) is 4.72 Å². The van der Waals surface area contributed by atoms with Crippen molar-refractivity contribution in [3.63, 3.8) is 0 Å². The molecular formula is C18H16ClN3O2S. The zero-order chi connectivity index (χ0) is 17.9. The molecule has 0 bridgehead atoms. The Labute approximate surface area is 151 Å². The highest BCUT2D eigenvalue weighted by molar-refractivity contribution is 7.95. The van der Waals surface area contributed by atoms with E-state index in [1.165, 1.54) is 6.08 Å². The maximum absolute atomic E-state index is 12.4. The fourth-order valence-corrected chi connectivity index (χ4v) is 3.37. The number of hydrogen-bond donors (Lipinski definition) is 1. The topological polar surface area (TPSA) is 64.0 Å². The summed E-state index contributed by atoms with van der Waals surface area (Å²) in [5.74, 6) is 0.398. The molecule has 0 aliphatic carbocycles. The van der Waals surface area contributed by atoms with Gasteiger partial charge in [0.1, 0.15) is 5.82 Å². The van der Waals surface area contributed by atoms with Gasteiger partial charge in [-0.05, 0) is 36.8 Å². The van der Waals surface area contributed by atoms with E-state index in [1.54, 1.807) is 42.1 Å². The molecule has 0 saturated heterocycles. The summed E-state index contributed by atoms with van der Waals surface area (Å²) in [6.45, 7) is 1.79. The van der Waals surface area contributed by atoms with Crippen LogP contribution in [0, 0.1) is 6.92 Å². The first-order valence-corrected chi connectivity index (χ1v) is 9.44. The Kier molecular flexibility index (Phi) is 4.92. The Morgan fingerprint density at radius 3 is 2.48 bits per heavy atom. The van der Waals surface area contributed by atoms with E-state index in [1.807, 2.05) is 30.3 Å². The minimum absolute atomic E-state index is 0.398. The summed E-state index contributed by atoms with van der Waals surface area (Å²) in [4.78, 5) is 0. The van der Waals surface area contributed by atoms with Crippen molar-refractivity contribution < 1.29 is 8.42 Å². The molecule has 25 heavy (non-hydrogen) atoms. The third-order valence-corrected chi connectivity index (χ3v) is 4.84. The highest BCUT2D eigenvalue weighted by Crippen LogP contribution is 2.22. The highest BCUT2D eigenvalue weighted by atomic mass is 35.5. The first-order valence-electron chi connectivity index (χ1n) is 7.52. The fourth-order valence-electron chi connectivity index (χ4n) is 2.26. The Balaban J connectivity index is 1.90. The van der Waals surface area contributed by atoms with Gasteiger partial charge in [0.15, 0.2) is 0 Å². The van der Waals surface area contributed by atoms with Gasteiger partial charge in [-0.1, -0.05) is 48.0 Å². The number of benzene rings is 2. The van der Waals surface area contributed by atoms with E-state index in [9.17, 15) is 8.42 Å². The second-order valence-corrected chi connectivity index (χ2v) is 7.37. The summed E-state index contributed by atoms with van der Waals surface area (Å²) >= 11 is 6.05. The maximum atomic E-state index is 12.4. The second kappa shape index (κ2) is 7.13. The van der Waals surface area contributed by atoms with Crippen molar-refractivity contribution in [1.82, 2.24) is 9.78 Å². The van der Waals surface area contributed by atoms with Gasteiger partial charge in [0.05, 0.1) is 17.3 Å². The average Bonchev–Trinajstić information content (AvgIpc) is 2.95. The average molecular weight is 374 g/mol. The molecule has 0 atom stereocenters. The predicted molar refractivity (Wildman–Crippen MR) is 101 cm³/mol. The molecule has 7 heteroatoms. The van der Waals surface area contributed by atoms with E-state index in [0.717, 1.165) is 16.7 Å². The maximum Gasteiger partial charge on any atom is 0.256 e. The molecule has 5 nitrogen and oxygen atoms in total. The van der Waals surface area contributed by atoms with Crippen molar-refractivity contribution in [3.05, 3.63) is 82.4 Å². The number of para-hydroxylation sites is 1. The number of sulfonamides is 1. The predicted octanol–water partition coefficient (Wildman–Crippen LogP) is 4.25. The molecule has 0 saturated carbocycles. The van der Waals surface area contributed by atoms with Gasteiger partial charge >= 0.3 is 0 Å². The number of anilines is 1. The van der Waals surface area contributed by atoms with Crippen LogP contribution >= 0.6 is 11.6 Å². The largest absolute Gasteiger partial charge is 0.264 e. The summed E-state index contributed by atoms with van der Waals surface area (Å²) in [6, 6.07) is 16.3. The molecule has 0 amide bonds. The van der Waals surface area contributed by atoms with E-state index in [-0.39, 0.29) is 0 Å². The van der Waals surface area contributed by atoms with Gasteiger partial charge < -0.3 is 0 Å². The van der Waals surface area contributed by atoms with Crippen molar-refractivity contribution >= 4 is 33.5 Å². The molecule has 1 heterocycles. The molecule has 3 aromatic rings. The Bertz CT molecular complexity index is 1010. The summed E-state index contributed by atoms with van der Waals surface area (Å²) in [6.07, 6.45) is 3.08. The quantitative estimate of drug-likeness (QED) is 0.727. The van der Waals surface area contributed by atoms with Crippen LogP contribution in [0.2, 0.25) is 5.02 Å². The third-order valence-electron chi connectivity index (χ3n) is 3.52. The minimum Gasteiger partial charge on any atom is -0.264 e. The molecular weight excluding hydrogens is 358 g/mol. The molecule has 2 aromatic carbocycles. The lowest BCUT2D eigenvalue weighted by molar-refractivity contribution is 0.609. The lowest BCUT2D eigenvalue weighted by Gasteiger charge is -2.10. The molecule has 0 aliphatic rings. The molecule has 0 spiro atoms. The van der Waals surface area contributed by atoms with Crippen LogP contribution < -0.4 is 4.72 Å². The Morgan fingerprint density at radius 2 is 1.76 bits per heavy atom. The smallest absolute Gasteiger partial charge is 0.256 e. The number of hydrogen-bond acceptors (Lipinski definition) is 3. The molecule has 3 rings (SSSR count). The first kappa shape index (κ1) is 17.3. The Morgan fingerprint density at radius 1 is 1.08 bits per heavy atom. The van der Waals surface area contributed by atoms with Crippen LogP contribution in [-0.2, 0) is 10.0 Å².